The van der Waals surface area contributed by atoms with Gasteiger partial charge >= 0.3 is 5.97 Å². The number of aliphatic hydroxyl groups excluding tert-OH is 2. The summed E-state index contributed by atoms with van der Waals surface area (Å²) in [5.41, 5.74) is 5.81. The smallest absolute Gasteiger partial charge is 0.344 e. The summed E-state index contributed by atoms with van der Waals surface area (Å²) in [7, 11) is 0. The molecule has 44 heavy (non-hydrogen) atoms. The number of carboxylic acid groups (broad SMARTS) is 1. The number of aromatic nitrogens is 4. The first-order valence-electron chi connectivity index (χ1n) is 13.5. The topological polar surface area (TPSA) is 212 Å². The molecule has 5 N–H and O–H groups in total. The number of aliphatic carboxylic acids is 1. The van der Waals surface area contributed by atoms with Crippen LogP contribution >= 0.6 is 11.6 Å². The normalized spacial score (nSPS) is 22.7. The number of imidazole rings is 1. The Morgan fingerprint density at radius 2 is 1.86 bits per heavy atom. The Morgan fingerprint density at radius 3 is 2.57 bits per heavy atom. The number of nitrogen functional groups attached to an aromatic ring is 1. The Labute approximate surface area is 254 Å². The number of hydrogen-bond acceptors (Lipinski definition) is 13. The molecule has 1 saturated heterocycles. The van der Waals surface area contributed by atoms with Crippen molar-refractivity contribution < 1.29 is 34.3 Å². The van der Waals surface area contributed by atoms with E-state index in [9.17, 15) is 20.1 Å². The zero-order valence-electron chi connectivity index (χ0n) is 23.0. The largest absolute Gasteiger partial charge is 0.489 e. The number of carbonyl (C=O) groups is 1. The molecular formula is C28H27ClN8O7. The van der Waals surface area contributed by atoms with Crippen LogP contribution in [0, 0.1) is 0 Å². The molecule has 1 unspecified atom stereocenters. The molecule has 0 radical (unpaired) electrons. The molecule has 228 valence electrons. The fraction of sp³-hybridized carbons (Fsp3) is 0.321. The lowest BCUT2D eigenvalue weighted by atomic mass is 9.92. The zero-order valence-corrected chi connectivity index (χ0v) is 23.7. The summed E-state index contributed by atoms with van der Waals surface area (Å²) in [5.74, 6) is -0.879. The lowest BCUT2D eigenvalue weighted by Gasteiger charge is -2.29. The number of amidine groups is 1. The van der Waals surface area contributed by atoms with Gasteiger partial charge < -0.3 is 35.3 Å². The number of aliphatic hydroxyl groups is 2. The predicted molar refractivity (Wildman–Crippen MR) is 155 cm³/mol. The molecule has 2 aromatic carbocycles. The summed E-state index contributed by atoms with van der Waals surface area (Å²) in [6, 6.07) is 16.6. The highest BCUT2D eigenvalue weighted by Gasteiger charge is 2.50. The van der Waals surface area contributed by atoms with Gasteiger partial charge in [-0.2, -0.15) is 15.1 Å². The van der Waals surface area contributed by atoms with E-state index in [1.807, 2.05) is 30.3 Å². The molecule has 1 fully saturated rings. The van der Waals surface area contributed by atoms with Crippen LogP contribution < -0.4 is 10.5 Å². The molecule has 16 heteroatoms. The molecule has 15 nitrogen and oxygen atoms in total. The minimum absolute atomic E-state index is 0.0280. The van der Waals surface area contributed by atoms with Crippen molar-refractivity contribution in [3.05, 3.63) is 77.3 Å². The van der Waals surface area contributed by atoms with Crippen LogP contribution in [-0.2, 0) is 27.3 Å². The Balaban J connectivity index is 1.20. The van der Waals surface area contributed by atoms with E-state index in [-0.39, 0.29) is 41.2 Å². The van der Waals surface area contributed by atoms with E-state index < -0.39 is 42.7 Å². The molecule has 0 saturated carbocycles. The van der Waals surface area contributed by atoms with Gasteiger partial charge in [-0.05, 0) is 34.9 Å². The number of nitrogens with zero attached hydrogens (tertiary/aromatic N) is 7. The lowest BCUT2D eigenvalue weighted by molar-refractivity contribution is -0.162. The van der Waals surface area contributed by atoms with Crippen molar-refractivity contribution in [1.82, 2.24) is 19.5 Å². The number of hydrogen-bond donors (Lipinski definition) is 4. The summed E-state index contributed by atoms with van der Waals surface area (Å²) >= 11 is 5.95. The number of fused-ring (bicyclic) bond motifs is 1. The SMILES string of the molecule is Nc1nc(Cl)nc2c1ncn2[C@@H]1O[C@H](COC(Cc2ccc(OCc3ccccc3)cc2)(C(=O)O)C2=NCN=N2)[C@@H](O)[C@H]1O. The van der Waals surface area contributed by atoms with Crippen molar-refractivity contribution in [2.75, 3.05) is 19.0 Å². The molecule has 2 aliphatic heterocycles. The number of ether oxygens (including phenoxy) is 3. The van der Waals surface area contributed by atoms with Gasteiger partial charge in [-0.1, -0.05) is 42.5 Å². The van der Waals surface area contributed by atoms with Gasteiger partial charge in [0.05, 0.1) is 12.9 Å². The van der Waals surface area contributed by atoms with E-state index in [1.54, 1.807) is 24.3 Å². The Hall–Kier alpha value is -4.54. The van der Waals surface area contributed by atoms with Crippen molar-refractivity contribution in [3.63, 3.8) is 0 Å². The maximum atomic E-state index is 12.8. The highest BCUT2D eigenvalue weighted by molar-refractivity contribution is 6.28. The Kier molecular flexibility index (Phi) is 8.20. The van der Waals surface area contributed by atoms with Gasteiger partial charge in [-0.15, -0.1) is 5.11 Å². The number of carboxylic acids is 1. The Bertz CT molecular complexity index is 1720. The van der Waals surface area contributed by atoms with Gasteiger partial charge in [0.25, 0.3) is 0 Å². The van der Waals surface area contributed by atoms with E-state index in [2.05, 4.69) is 30.2 Å². The summed E-state index contributed by atoms with van der Waals surface area (Å²) in [6.45, 7) is -0.124. The van der Waals surface area contributed by atoms with Crippen molar-refractivity contribution in [3.8, 4) is 5.75 Å². The van der Waals surface area contributed by atoms with Crippen LogP contribution in [0.25, 0.3) is 11.2 Å². The van der Waals surface area contributed by atoms with Crippen LogP contribution in [0.5, 0.6) is 5.75 Å². The third kappa shape index (κ3) is 5.70. The number of nitrogens with two attached hydrogens (primary N) is 1. The lowest BCUT2D eigenvalue weighted by Crippen LogP contribution is -2.52. The molecule has 5 atom stereocenters. The molecule has 0 spiro atoms. The van der Waals surface area contributed by atoms with Crippen molar-refractivity contribution in [2.24, 2.45) is 15.2 Å². The van der Waals surface area contributed by atoms with E-state index in [0.29, 0.717) is 17.9 Å². The number of azo groups is 1. The first kappa shape index (κ1) is 29.5. The zero-order chi connectivity index (χ0) is 30.8. The van der Waals surface area contributed by atoms with Crippen molar-refractivity contribution in [2.45, 2.75) is 43.2 Å². The van der Waals surface area contributed by atoms with Gasteiger partial charge in [0, 0.05) is 6.42 Å². The summed E-state index contributed by atoms with van der Waals surface area (Å²) in [5, 5.41) is 39.8. The minimum Gasteiger partial charge on any atom is -0.489 e. The monoisotopic (exact) mass is 622 g/mol. The van der Waals surface area contributed by atoms with Crippen LogP contribution in [0.2, 0.25) is 5.28 Å². The van der Waals surface area contributed by atoms with E-state index in [1.165, 1.54) is 10.9 Å². The highest BCUT2D eigenvalue weighted by atomic mass is 35.5. The first-order chi connectivity index (χ1) is 21.2. The van der Waals surface area contributed by atoms with Crippen LogP contribution in [0.1, 0.15) is 17.4 Å². The van der Waals surface area contributed by atoms with Crippen LogP contribution in [0.4, 0.5) is 5.82 Å². The van der Waals surface area contributed by atoms with E-state index in [0.717, 1.165) is 5.56 Å². The average molecular weight is 623 g/mol. The third-order valence-electron chi connectivity index (χ3n) is 7.31. The molecule has 2 aliphatic rings. The number of halogens is 1. The highest BCUT2D eigenvalue weighted by Crippen LogP contribution is 2.34. The second kappa shape index (κ2) is 12.2. The number of rotatable bonds is 11. The molecule has 2 aromatic heterocycles. The van der Waals surface area contributed by atoms with E-state index >= 15 is 0 Å². The van der Waals surface area contributed by atoms with Gasteiger partial charge in [0.15, 0.2) is 30.2 Å². The number of anilines is 1. The molecule has 4 heterocycles. The van der Waals surface area contributed by atoms with Gasteiger partial charge in [0.1, 0.15) is 36.2 Å². The summed E-state index contributed by atoms with van der Waals surface area (Å²) < 4.78 is 19.1. The Morgan fingerprint density at radius 1 is 1.09 bits per heavy atom. The first-order valence-corrected chi connectivity index (χ1v) is 13.9. The quantitative estimate of drug-likeness (QED) is 0.178. The minimum atomic E-state index is -2.07. The second-order valence-electron chi connectivity index (χ2n) is 10.2. The number of benzene rings is 2. The molecule has 0 amide bonds. The maximum absolute atomic E-state index is 12.8. The molecular weight excluding hydrogens is 596 g/mol. The summed E-state index contributed by atoms with van der Waals surface area (Å²) in [6.07, 6.45) is -4.10. The number of aliphatic imine (C=N–C) groups is 1. The van der Waals surface area contributed by atoms with Crippen LogP contribution in [0.3, 0.4) is 0 Å². The van der Waals surface area contributed by atoms with Crippen molar-refractivity contribution in [1.29, 1.82) is 0 Å². The fourth-order valence-electron chi connectivity index (χ4n) is 5.01. The van der Waals surface area contributed by atoms with Crippen LogP contribution in [0.15, 0.2) is 76.1 Å². The maximum Gasteiger partial charge on any atom is 0.344 e. The van der Waals surface area contributed by atoms with Crippen molar-refractivity contribution >= 4 is 40.4 Å². The molecule has 0 bridgehead atoms. The van der Waals surface area contributed by atoms with E-state index in [4.69, 9.17) is 31.5 Å². The fourth-order valence-corrected chi connectivity index (χ4v) is 5.19. The predicted octanol–water partition coefficient (Wildman–Crippen LogP) is 2.16. The standard InChI is InChI=1S/C28H27ClN8O7/c29-27-34-22(30)19-23(35-27)37(14-32-19)24-21(39)20(38)18(44-24)12-43-28(26(40)41,25-31-13-33-36-25)10-15-6-8-17(9-7-15)42-11-16-4-2-1-3-5-16/h1-9,14,18,20-21,24,38-39H,10-13H2,(H,40,41)(H2,30,34,35)/t18-,20-,21-,24-,28?/m1/s1. The average Bonchev–Trinajstić information content (AvgIpc) is 3.76. The van der Waals surface area contributed by atoms with Gasteiger partial charge in [-0.3, -0.25) is 4.57 Å². The molecule has 6 rings (SSSR count). The second-order valence-corrected chi connectivity index (χ2v) is 10.5. The third-order valence-corrected chi connectivity index (χ3v) is 7.48. The molecule has 0 aliphatic carbocycles. The van der Waals surface area contributed by atoms with Gasteiger partial charge in [-0.25, -0.2) is 14.8 Å². The van der Waals surface area contributed by atoms with Crippen LogP contribution in [-0.4, -0.2) is 83.8 Å². The molecule has 4 aromatic rings. The summed E-state index contributed by atoms with van der Waals surface area (Å²) in [4.78, 5) is 29.1. The van der Waals surface area contributed by atoms with Gasteiger partial charge in [0.2, 0.25) is 10.9 Å².